The standard InChI is InChI=1S/C20H22FN3O/c1-15(25)17-4-2-16(3-5-17)12-23-20(13-24-11-10-22-14-24)18-6-8-19(21)9-7-18/h2-11,14-15,20,23,25H,12-13H2,1H3. The zero-order valence-electron chi connectivity index (χ0n) is 14.1. The van der Waals surface area contributed by atoms with Crippen LogP contribution in [0.3, 0.4) is 0 Å². The van der Waals surface area contributed by atoms with Crippen molar-refractivity contribution < 1.29 is 9.50 Å². The lowest BCUT2D eigenvalue weighted by atomic mass is 10.0. The number of hydrogen-bond acceptors (Lipinski definition) is 3. The Morgan fingerprint density at radius 3 is 2.36 bits per heavy atom. The van der Waals surface area contributed by atoms with Gasteiger partial charge in [0.15, 0.2) is 0 Å². The van der Waals surface area contributed by atoms with Crippen LogP contribution >= 0.6 is 0 Å². The van der Waals surface area contributed by atoms with Crippen LogP contribution < -0.4 is 5.32 Å². The van der Waals surface area contributed by atoms with E-state index in [0.29, 0.717) is 13.1 Å². The Labute approximate surface area is 147 Å². The van der Waals surface area contributed by atoms with Crippen molar-refractivity contribution in [1.29, 1.82) is 0 Å². The van der Waals surface area contributed by atoms with Gasteiger partial charge in [-0.2, -0.15) is 0 Å². The molecule has 0 aliphatic rings. The lowest BCUT2D eigenvalue weighted by Crippen LogP contribution is -2.25. The molecule has 0 aliphatic heterocycles. The van der Waals surface area contributed by atoms with E-state index in [1.54, 1.807) is 31.6 Å². The van der Waals surface area contributed by atoms with Crippen molar-refractivity contribution in [3.05, 3.63) is 89.8 Å². The normalized spacial score (nSPS) is 13.6. The minimum Gasteiger partial charge on any atom is -0.389 e. The molecule has 1 heterocycles. The predicted octanol–water partition coefficient (Wildman–Crippen LogP) is 3.61. The summed E-state index contributed by atoms with van der Waals surface area (Å²) in [5, 5.41) is 13.1. The summed E-state index contributed by atoms with van der Waals surface area (Å²) >= 11 is 0. The number of nitrogens with zero attached hydrogens (tertiary/aromatic N) is 2. The van der Waals surface area contributed by atoms with Gasteiger partial charge < -0.3 is 15.0 Å². The van der Waals surface area contributed by atoms with Crippen LogP contribution in [0.5, 0.6) is 0 Å². The Kier molecular flexibility index (Phi) is 5.58. The Balaban J connectivity index is 1.71. The summed E-state index contributed by atoms with van der Waals surface area (Å²) in [5.74, 6) is -0.237. The SMILES string of the molecule is CC(O)c1ccc(CNC(Cn2ccnc2)c2ccc(F)cc2)cc1. The van der Waals surface area contributed by atoms with E-state index in [1.807, 2.05) is 35.0 Å². The maximum Gasteiger partial charge on any atom is 0.123 e. The first kappa shape index (κ1) is 17.3. The van der Waals surface area contributed by atoms with Gasteiger partial charge in [0.05, 0.1) is 18.5 Å². The van der Waals surface area contributed by atoms with E-state index >= 15 is 0 Å². The summed E-state index contributed by atoms with van der Waals surface area (Å²) in [6.07, 6.45) is 4.97. The number of hydrogen-bond donors (Lipinski definition) is 2. The highest BCUT2D eigenvalue weighted by Crippen LogP contribution is 2.18. The number of imidazole rings is 1. The first-order chi connectivity index (χ1) is 12.1. The Morgan fingerprint density at radius 1 is 1.08 bits per heavy atom. The lowest BCUT2D eigenvalue weighted by Gasteiger charge is -2.20. The molecule has 3 aromatic rings. The number of aliphatic hydroxyl groups is 1. The van der Waals surface area contributed by atoms with Gasteiger partial charge in [-0.05, 0) is 35.7 Å². The highest BCUT2D eigenvalue weighted by Gasteiger charge is 2.12. The molecule has 0 fully saturated rings. The Hall–Kier alpha value is -2.50. The molecule has 0 amide bonds. The maximum atomic E-state index is 13.2. The van der Waals surface area contributed by atoms with Gasteiger partial charge in [0.25, 0.3) is 0 Å². The number of nitrogens with one attached hydrogen (secondary N) is 1. The third-order valence-corrected chi connectivity index (χ3v) is 4.24. The van der Waals surface area contributed by atoms with Gasteiger partial charge in [-0.3, -0.25) is 0 Å². The molecule has 0 aliphatic carbocycles. The highest BCUT2D eigenvalue weighted by atomic mass is 19.1. The van der Waals surface area contributed by atoms with E-state index in [9.17, 15) is 9.50 Å². The Morgan fingerprint density at radius 2 is 1.76 bits per heavy atom. The second-order valence-electron chi connectivity index (χ2n) is 6.16. The first-order valence-corrected chi connectivity index (χ1v) is 8.33. The lowest BCUT2D eigenvalue weighted by molar-refractivity contribution is 0.199. The van der Waals surface area contributed by atoms with Gasteiger partial charge in [0.2, 0.25) is 0 Å². The van der Waals surface area contributed by atoms with Crippen LogP contribution in [-0.4, -0.2) is 14.7 Å². The van der Waals surface area contributed by atoms with E-state index < -0.39 is 6.10 Å². The summed E-state index contributed by atoms with van der Waals surface area (Å²) in [7, 11) is 0. The van der Waals surface area contributed by atoms with E-state index in [0.717, 1.165) is 16.7 Å². The number of halogens is 1. The molecule has 3 rings (SSSR count). The van der Waals surface area contributed by atoms with Crippen LogP contribution in [0.1, 0.15) is 35.8 Å². The zero-order valence-corrected chi connectivity index (χ0v) is 14.1. The summed E-state index contributed by atoms with van der Waals surface area (Å²) in [5.41, 5.74) is 3.05. The van der Waals surface area contributed by atoms with Crippen molar-refractivity contribution >= 4 is 0 Å². The average Bonchev–Trinajstić information content (AvgIpc) is 3.13. The fraction of sp³-hybridized carbons (Fsp3) is 0.250. The molecule has 0 saturated heterocycles. The van der Waals surface area contributed by atoms with Gasteiger partial charge in [0.1, 0.15) is 5.82 Å². The number of aromatic nitrogens is 2. The molecule has 0 saturated carbocycles. The molecule has 4 nitrogen and oxygen atoms in total. The third kappa shape index (κ3) is 4.75. The molecular formula is C20H22FN3O. The molecule has 25 heavy (non-hydrogen) atoms. The molecule has 2 unspecified atom stereocenters. The molecular weight excluding hydrogens is 317 g/mol. The van der Waals surface area contributed by atoms with Crippen molar-refractivity contribution in [2.75, 3.05) is 0 Å². The van der Waals surface area contributed by atoms with Gasteiger partial charge in [-0.1, -0.05) is 36.4 Å². The number of rotatable bonds is 7. The first-order valence-electron chi connectivity index (χ1n) is 8.33. The monoisotopic (exact) mass is 339 g/mol. The molecule has 130 valence electrons. The van der Waals surface area contributed by atoms with E-state index in [-0.39, 0.29) is 11.9 Å². The predicted molar refractivity (Wildman–Crippen MR) is 95.3 cm³/mol. The molecule has 2 N–H and O–H groups in total. The number of aliphatic hydroxyl groups excluding tert-OH is 1. The van der Waals surface area contributed by atoms with Gasteiger partial charge >= 0.3 is 0 Å². The molecule has 0 radical (unpaired) electrons. The minimum atomic E-state index is -0.463. The van der Waals surface area contributed by atoms with Gasteiger partial charge in [-0.25, -0.2) is 9.37 Å². The highest BCUT2D eigenvalue weighted by molar-refractivity contribution is 5.25. The summed E-state index contributed by atoms with van der Waals surface area (Å²) < 4.78 is 15.2. The summed E-state index contributed by atoms with van der Waals surface area (Å²) in [6.45, 7) is 3.14. The van der Waals surface area contributed by atoms with Crippen LogP contribution in [0, 0.1) is 5.82 Å². The zero-order chi connectivity index (χ0) is 17.6. The van der Waals surface area contributed by atoms with E-state index in [4.69, 9.17) is 0 Å². The molecule has 2 aromatic carbocycles. The fourth-order valence-electron chi connectivity index (χ4n) is 2.74. The summed E-state index contributed by atoms with van der Waals surface area (Å²) in [6, 6.07) is 14.5. The van der Waals surface area contributed by atoms with Crippen LogP contribution in [0.25, 0.3) is 0 Å². The van der Waals surface area contributed by atoms with Gasteiger partial charge in [-0.15, -0.1) is 0 Å². The topological polar surface area (TPSA) is 50.1 Å². The van der Waals surface area contributed by atoms with Crippen molar-refractivity contribution in [2.45, 2.75) is 32.2 Å². The molecule has 0 bridgehead atoms. The average molecular weight is 339 g/mol. The second-order valence-corrected chi connectivity index (χ2v) is 6.16. The third-order valence-electron chi connectivity index (χ3n) is 4.24. The summed E-state index contributed by atoms with van der Waals surface area (Å²) in [4.78, 5) is 4.08. The van der Waals surface area contributed by atoms with Crippen LogP contribution in [0.4, 0.5) is 4.39 Å². The van der Waals surface area contributed by atoms with Crippen molar-refractivity contribution in [2.24, 2.45) is 0 Å². The Bertz CT molecular complexity index is 768. The molecule has 5 heteroatoms. The molecule has 0 spiro atoms. The second kappa shape index (κ2) is 8.05. The van der Waals surface area contributed by atoms with Gasteiger partial charge in [0, 0.05) is 25.5 Å². The largest absolute Gasteiger partial charge is 0.389 e. The smallest absolute Gasteiger partial charge is 0.123 e. The minimum absolute atomic E-state index is 0.0336. The number of benzene rings is 2. The van der Waals surface area contributed by atoms with Crippen molar-refractivity contribution in [1.82, 2.24) is 14.9 Å². The fourth-order valence-corrected chi connectivity index (χ4v) is 2.74. The molecule has 2 atom stereocenters. The quantitative estimate of drug-likeness (QED) is 0.691. The maximum absolute atomic E-state index is 13.2. The van der Waals surface area contributed by atoms with E-state index in [1.165, 1.54) is 12.1 Å². The molecule has 1 aromatic heterocycles. The van der Waals surface area contributed by atoms with Crippen LogP contribution in [-0.2, 0) is 13.1 Å². The van der Waals surface area contributed by atoms with Crippen molar-refractivity contribution in [3.8, 4) is 0 Å². The van der Waals surface area contributed by atoms with Crippen LogP contribution in [0.15, 0.2) is 67.3 Å². The van der Waals surface area contributed by atoms with E-state index in [2.05, 4.69) is 10.3 Å². The van der Waals surface area contributed by atoms with Crippen molar-refractivity contribution in [3.63, 3.8) is 0 Å². The van der Waals surface area contributed by atoms with Crippen LogP contribution in [0.2, 0.25) is 0 Å².